The molecule has 0 radical (unpaired) electrons. The first-order valence-corrected chi connectivity index (χ1v) is 11.0. The van der Waals surface area contributed by atoms with Crippen molar-refractivity contribution < 1.29 is 14.0 Å². The Labute approximate surface area is 184 Å². The number of hydrogen-bond donors (Lipinski definition) is 2. The molecular formula is C25H32FN3O2. The lowest BCUT2D eigenvalue weighted by Gasteiger charge is -2.38. The third kappa shape index (κ3) is 6.29. The van der Waals surface area contributed by atoms with E-state index in [4.69, 9.17) is 0 Å². The van der Waals surface area contributed by atoms with Crippen LogP contribution in [0.2, 0.25) is 0 Å². The Hall–Kier alpha value is -2.89. The minimum atomic E-state index is -0.308. The number of rotatable bonds is 6. The molecule has 3 rings (SSSR count). The van der Waals surface area contributed by atoms with Gasteiger partial charge in [0.2, 0.25) is 5.91 Å². The summed E-state index contributed by atoms with van der Waals surface area (Å²) in [5.74, 6) is -0.611. The fraction of sp³-hybridized carbons (Fsp3) is 0.440. The van der Waals surface area contributed by atoms with Gasteiger partial charge in [-0.05, 0) is 56.4 Å². The first kappa shape index (κ1) is 22.8. The largest absolute Gasteiger partial charge is 0.355 e. The van der Waals surface area contributed by atoms with Crippen LogP contribution in [0.25, 0.3) is 0 Å². The molecule has 0 bridgehead atoms. The molecule has 6 heteroatoms. The average molecular weight is 426 g/mol. The van der Waals surface area contributed by atoms with Crippen LogP contribution in [0.4, 0.5) is 9.18 Å². The summed E-state index contributed by atoms with van der Waals surface area (Å²) in [6, 6.07) is 14.9. The van der Waals surface area contributed by atoms with E-state index in [0.29, 0.717) is 31.6 Å². The third-order valence-electron chi connectivity index (χ3n) is 5.73. The summed E-state index contributed by atoms with van der Waals surface area (Å²) in [6.07, 6.45) is 1.39. The summed E-state index contributed by atoms with van der Waals surface area (Å²) in [5.41, 5.74) is 2.71. The van der Waals surface area contributed by atoms with Gasteiger partial charge in [-0.1, -0.05) is 42.5 Å². The summed E-state index contributed by atoms with van der Waals surface area (Å²) >= 11 is 0. The fourth-order valence-corrected chi connectivity index (χ4v) is 4.08. The predicted molar refractivity (Wildman–Crippen MR) is 120 cm³/mol. The lowest BCUT2D eigenvalue weighted by Crippen LogP contribution is -2.52. The molecule has 0 spiro atoms. The molecular weight excluding hydrogens is 393 g/mol. The second kappa shape index (κ2) is 10.4. The van der Waals surface area contributed by atoms with Gasteiger partial charge < -0.3 is 15.5 Å². The molecule has 1 aliphatic heterocycles. The molecule has 166 valence electrons. The van der Waals surface area contributed by atoms with E-state index in [9.17, 15) is 14.0 Å². The van der Waals surface area contributed by atoms with Crippen molar-refractivity contribution in [3.8, 4) is 0 Å². The molecule has 5 nitrogen and oxygen atoms in total. The van der Waals surface area contributed by atoms with E-state index in [2.05, 4.69) is 10.6 Å². The van der Waals surface area contributed by atoms with Crippen LogP contribution in [0.15, 0.2) is 48.5 Å². The number of likely N-dealkylation sites (tertiary alicyclic amines) is 1. The molecule has 0 saturated carbocycles. The lowest BCUT2D eigenvalue weighted by molar-refractivity contribution is -0.126. The first-order chi connectivity index (χ1) is 14.8. The number of nitrogens with zero attached hydrogens (tertiary/aromatic N) is 1. The van der Waals surface area contributed by atoms with Crippen LogP contribution in [-0.4, -0.2) is 42.5 Å². The van der Waals surface area contributed by atoms with Gasteiger partial charge >= 0.3 is 6.03 Å². The van der Waals surface area contributed by atoms with Gasteiger partial charge in [-0.25, -0.2) is 9.18 Å². The maximum Gasteiger partial charge on any atom is 0.317 e. The average Bonchev–Trinajstić information content (AvgIpc) is 2.75. The van der Waals surface area contributed by atoms with Crippen molar-refractivity contribution in [2.75, 3.05) is 19.6 Å². The second-order valence-electron chi connectivity index (χ2n) is 8.67. The Balaban J connectivity index is 1.70. The number of benzene rings is 2. The topological polar surface area (TPSA) is 61.4 Å². The smallest absolute Gasteiger partial charge is 0.317 e. The summed E-state index contributed by atoms with van der Waals surface area (Å²) in [6.45, 7) is 7.01. The number of carbonyl (C=O) groups is 2. The molecule has 2 unspecified atom stereocenters. The monoisotopic (exact) mass is 425 g/mol. The SMILES string of the molecule is Cc1cc(C2CC(C(=O)NCCc3ccccc3)CN(C(=O)NC(C)C)C2)ccc1F. The molecule has 1 aliphatic rings. The van der Waals surface area contributed by atoms with E-state index in [0.717, 1.165) is 12.0 Å². The van der Waals surface area contributed by atoms with E-state index >= 15 is 0 Å². The van der Waals surface area contributed by atoms with E-state index < -0.39 is 0 Å². The molecule has 2 aromatic carbocycles. The van der Waals surface area contributed by atoms with E-state index in [-0.39, 0.29) is 35.6 Å². The van der Waals surface area contributed by atoms with Gasteiger partial charge in [0.1, 0.15) is 5.82 Å². The zero-order chi connectivity index (χ0) is 22.4. The van der Waals surface area contributed by atoms with E-state index in [1.807, 2.05) is 50.2 Å². The van der Waals surface area contributed by atoms with Gasteiger partial charge in [0.25, 0.3) is 0 Å². The Morgan fingerprint density at radius 3 is 2.55 bits per heavy atom. The zero-order valence-corrected chi connectivity index (χ0v) is 18.5. The molecule has 31 heavy (non-hydrogen) atoms. The summed E-state index contributed by atoms with van der Waals surface area (Å²) in [5, 5.41) is 5.96. The van der Waals surface area contributed by atoms with Crippen molar-refractivity contribution in [3.05, 3.63) is 71.0 Å². The highest BCUT2D eigenvalue weighted by Crippen LogP contribution is 2.31. The third-order valence-corrected chi connectivity index (χ3v) is 5.73. The number of amides is 3. The summed E-state index contributed by atoms with van der Waals surface area (Å²) in [7, 11) is 0. The fourth-order valence-electron chi connectivity index (χ4n) is 4.08. The first-order valence-electron chi connectivity index (χ1n) is 11.0. The van der Waals surface area contributed by atoms with Gasteiger partial charge in [0.15, 0.2) is 0 Å². The maximum atomic E-state index is 13.8. The molecule has 2 N–H and O–H groups in total. The molecule has 3 amide bonds. The van der Waals surface area contributed by atoms with E-state index in [1.165, 1.54) is 11.6 Å². The van der Waals surface area contributed by atoms with Gasteiger partial charge in [0.05, 0.1) is 5.92 Å². The van der Waals surface area contributed by atoms with Crippen molar-refractivity contribution in [1.29, 1.82) is 0 Å². The van der Waals surface area contributed by atoms with Crippen molar-refractivity contribution in [2.24, 2.45) is 5.92 Å². The normalized spacial score (nSPS) is 18.7. The Morgan fingerprint density at radius 2 is 1.87 bits per heavy atom. The number of nitrogens with one attached hydrogen (secondary N) is 2. The van der Waals surface area contributed by atoms with Crippen molar-refractivity contribution in [3.63, 3.8) is 0 Å². The minimum absolute atomic E-state index is 0.0130. The summed E-state index contributed by atoms with van der Waals surface area (Å²) in [4.78, 5) is 27.4. The number of hydrogen-bond acceptors (Lipinski definition) is 2. The van der Waals surface area contributed by atoms with Gasteiger partial charge in [-0.3, -0.25) is 4.79 Å². The highest BCUT2D eigenvalue weighted by atomic mass is 19.1. The van der Waals surface area contributed by atoms with E-state index in [1.54, 1.807) is 17.9 Å². The van der Waals surface area contributed by atoms with Gasteiger partial charge in [0, 0.05) is 31.6 Å². The van der Waals surface area contributed by atoms with Crippen molar-refractivity contribution in [1.82, 2.24) is 15.5 Å². The number of carbonyl (C=O) groups excluding carboxylic acids is 2. The second-order valence-corrected chi connectivity index (χ2v) is 8.67. The Kier molecular flexibility index (Phi) is 7.66. The van der Waals surface area contributed by atoms with Gasteiger partial charge in [-0.2, -0.15) is 0 Å². The molecule has 2 atom stereocenters. The van der Waals surface area contributed by atoms with Crippen LogP contribution in [0.5, 0.6) is 0 Å². The van der Waals surface area contributed by atoms with Crippen LogP contribution in [0, 0.1) is 18.7 Å². The number of aryl methyl sites for hydroxylation is 1. The maximum absolute atomic E-state index is 13.8. The van der Waals surface area contributed by atoms with Crippen LogP contribution < -0.4 is 10.6 Å². The molecule has 1 fully saturated rings. The highest BCUT2D eigenvalue weighted by molar-refractivity contribution is 5.81. The molecule has 1 saturated heterocycles. The lowest BCUT2D eigenvalue weighted by atomic mass is 9.83. The summed E-state index contributed by atoms with van der Waals surface area (Å²) < 4.78 is 13.8. The van der Waals surface area contributed by atoms with Crippen LogP contribution in [0.1, 0.15) is 42.9 Å². The molecule has 2 aromatic rings. The Morgan fingerprint density at radius 1 is 1.13 bits per heavy atom. The predicted octanol–water partition coefficient (Wildman–Crippen LogP) is 4.02. The van der Waals surface area contributed by atoms with Crippen molar-refractivity contribution in [2.45, 2.75) is 45.6 Å². The number of piperidine rings is 1. The minimum Gasteiger partial charge on any atom is -0.355 e. The zero-order valence-electron chi connectivity index (χ0n) is 18.5. The standard InChI is InChI=1S/C25H32FN3O2/c1-17(2)28-25(31)29-15-21(20-9-10-23(26)18(3)13-20)14-22(16-29)24(30)27-12-11-19-7-5-4-6-8-19/h4-10,13,17,21-22H,11-12,14-16H2,1-3H3,(H,27,30)(H,28,31). The Bertz CT molecular complexity index is 901. The molecule has 1 heterocycles. The van der Waals surface area contributed by atoms with Crippen LogP contribution in [0.3, 0.4) is 0 Å². The number of urea groups is 1. The molecule has 0 aromatic heterocycles. The van der Waals surface area contributed by atoms with Gasteiger partial charge in [-0.15, -0.1) is 0 Å². The van der Waals surface area contributed by atoms with Crippen molar-refractivity contribution >= 4 is 11.9 Å². The quantitative estimate of drug-likeness (QED) is 0.734. The van der Waals surface area contributed by atoms with Crippen LogP contribution >= 0.6 is 0 Å². The number of halogens is 1. The highest BCUT2D eigenvalue weighted by Gasteiger charge is 2.34. The van der Waals surface area contributed by atoms with Crippen LogP contribution in [-0.2, 0) is 11.2 Å². The molecule has 0 aliphatic carbocycles.